The van der Waals surface area contributed by atoms with Gasteiger partial charge in [0.15, 0.2) is 5.82 Å². The minimum Gasteiger partial charge on any atom is -0.497 e. The van der Waals surface area contributed by atoms with Gasteiger partial charge in [0, 0.05) is 29.9 Å². The number of nitrogens with one attached hydrogen (secondary N) is 3. The first-order chi connectivity index (χ1) is 14.5. The van der Waals surface area contributed by atoms with Crippen LogP contribution in [0.4, 0.5) is 10.5 Å². The number of hydrogen-bond acceptors (Lipinski definition) is 5. The highest BCUT2D eigenvalue weighted by Gasteiger charge is 2.23. The fourth-order valence-corrected chi connectivity index (χ4v) is 3.31. The minimum absolute atomic E-state index is 0.117. The van der Waals surface area contributed by atoms with Crippen LogP contribution >= 0.6 is 0 Å². The normalized spacial score (nSPS) is 13.3. The molecule has 0 radical (unpaired) electrons. The van der Waals surface area contributed by atoms with Gasteiger partial charge in [0.1, 0.15) is 11.6 Å². The molecule has 30 heavy (non-hydrogen) atoms. The second-order valence-electron chi connectivity index (χ2n) is 6.90. The number of ether oxygens (including phenoxy) is 1. The van der Waals surface area contributed by atoms with Crippen molar-refractivity contribution in [1.82, 2.24) is 25.8 Å². The second-order valence-corrected chi connectivity index (χ2v) is 6.90. The fourth-order valence-electron chi connectivity index (χ4n) is 3.31. The van der Waals surface area contributed by atoms with E-state index in [0.29, 0.717) is 30.3 Å². The molecule has 3 aromatic rings. The third kappa shape index (κ3) is 3.95. The van der Waals surface area contributed by atoms with E-state index in [1.165, 1.54) is 0 Å². The van der Waals surface area contributed by atoms with E-state index >= 15 is 0 Å². The molecule has 1 aliphatic rings. The summed E-state index contributed by atoms with van der Waals surface area (Å²) in [6, 6.07) is 12.6. The van der Waals surface area contributed by atoms with Gasteiger partial charge >= 0.3 is 6.03 Å². The highest BCUT2D eigenvalue weighted by atomic mass is 16.5. The number of urea groups is 1. The maximum absolute atomic E-state index is 12.5. The Morgan fingerprint density at radius 1 is 1.23 bits per heavy atom. The Bertz CT molecular complexity index is 1080. The van der Waals surface area contributed by atoms with E-state index in [0.717, 1.165) is 22.6 Å². The molecule has 0 spiro atoms. The number of aryl methyl sites for hydroxylation is 1. The number of nitrogens with zero attached hydrogens (tertiary/aromatic N) is 3. The molecule has 2 heterocycles. The molecule has 4 rings (SSSR count). The van der Waals surface area contributed by atoms with Crippen LogP contribution in [0.3, 0.4) is 0 Å². The number of hydrogen-bond donors (Lipinski definition) is 3. The van der Waals surface area contributed by atoms with Crippen LogP contribution in [0.15, 0.2) is 42.5 Å². The Morgan fingerprint density at radius 3 is 2.70 bits per heavy atom. The van der Waals surface area contributed by atoms with E-state index in [4.69, 9.17) is 4.74 Å². The number of methoxy groups -OCH3 is 1. The zero-order chi connectivity index (χ0) is 21.1. The van der Waals surface area contributed by atoms with Crippen molar-refractivity contribution in [2.75, 3.05) is 25.1 Å². The first-order valence-electron chi connectivity index (χ1n) is 9.55. The van der Waals surface area contributed by atoms with Crippen LogP contribution in [-0.4, -0.2) is 47.3 Å². The number of aromatic nitrogens is 3. The van der Waals surface area contributed by atoms with Crippen molar-refractivity contribution in [3.8, 4) is 17.1 Å². The van der Waals surface area contributed by atoms with Crippen molar-refractivity contribution in [3.05, 3.63) is 59.4 Å². The number of carbonyl (C=O) groups is 2. The molecule has 0 unspecified atom stereocenters. The highest BCUT2D eigenvalue weighted by Crippen LogP contribution is 2.23. The molecule has 0 bridgehead atoms. The lowest BCUT2D eigenvalue weighted by Gasteiger charge is -2.17. The zero-order valence-electron chi connectivity index (χ0n) is 16.7. The van der Waals surface area contributed by atoms with Gasteiger partial charge in [-0.15, -0.1) is 0 Å². The number of aromatic amines is 1. The minimum atomic E-state index is -0.224. The van der Waals surface area contributed by atoms with E-state index < -0.39 is 0 Å². The van der Waals surface area contributed by atoms with Crippen molar-refractivity contribution in [2.24, 2.45) is 0 Å². The Kier molecular flexibility index (Phi) is 5.34. The Labute approximate surface area is 173 Å². The summed E-state index contributed by atoms with van der Waals surface area (Å²) in [4.78, 5) is 30.5. The van der Waals surface area contributed by atoms with Crippen LogP contribution in [0.2, 0.25) is 0 Å². The molecule has 0 atom stereocenters. The van der Waals surface area contributed by atoms with Crippen LogP contribution in [-0.2, 0) is 6.54 Å². The average molecular weight is 406 g/mol. The number of amides is 3. The van der Waals surface area contributed by atoms with Gasteiger partial charge in [0.05, 0.1) is 13.7 Å². The largest absolute Gasteiger partial charge is 0.497 e. The van der Waals surface area contributed by atoms with E-state index in [9.17, 15) is 9.59 Å². The maximum Gasteiger partial charge on any atom is 0.322 e. The highest BCUT2D eigenvalue weighted by molar-refractivity contribution is 5.97. The molecule has 2 aromatic carbocycles. The first-order valence-corrected chi connectivity index (χ1v) is 9.55. The van der Waals surface area contributed by atoms with Gasteiger partial charge in [0.2, 0.25) is 0 Å². The molecule has 1 saturated heterocycles. The van der Waals surface area contributed by atoms with Gasteiger partial charge < -0.3 is 15.4 Å². The number of benzene rings is 2. The number of rotatable bonds is 6. The second kappa shape index (κ2) is 8.24. The van der Waals surface area contributed by atoms with Crippen LogP contribution in [0, 0.1) is 6.92 Å². The quantitative estimate of drug-likeness (QED) is 0.581. The van der Waals surface area contributed by atoms with E-state index in [1.807, 2.05) is 31.2 Å². The topological polar surface area (TPSA) is 112 Å². The van der Waals surface area contributed by atoms with Gasteiger partial charge in [-0.3, -0.25) is 14.8 Å². The summed E-state index contributed by atoms with van der Waals surface area (Å²) in [5, 5.41) is 12.7. The first kappa shape index (κ1) is 19.4. The van der Waals surface area contributed by atoms with Crippen LogP contribution in [0.25, 0.3) is 11.4 Å². The molecular formula is C21H22N6O3. The van der Waals surface area contributed by atoms with Gasteiger partial charge in [-0.05, 0) is 55.0 Å². The van der Waals surface area contributed by atoms with Crippen LogP contribution in [0.5, 0.6) is 5.75 Å². The van der Waals surface area contributed by atoms with E-state index in [2.05, 4.69) is 25.8 Å². The standard InChI is InChI=1S/C21H22N6O3/c1-13-11-15(5-8-17(13)27-10-9-22-21(27)29)20(28)23-12-18-24-19(26-25-18)14-3-6-16(30-2)7-4-14/h3-8,11H,9-10,12H2,1-2H3,(H,22,29)(H,23,28)(H,24,25,26). The van der Waals surface area contributed by atoms with E-state index in [-0.39, 0.29) is 18.5 Å². The molecule has 9 nitrogen and oxygen atoms in total. The van der Waals surface area contributed by atoms with Crippen molar-refractivity contribution in [1.29, 1.82) is 0 Å². The Morgan fingerprint density at radius 2 is 2.03 bits per heavy atom. The lowest BCUT2D eigenvalue weighted by Crippen LogP contribution is -2.28. The molecule has 1 fully saturated rings. The van der Waals surface area contributed by atoms with Crippen molar-refractivity contribution in [3.63, 3.8) is 0 Å². The Hall–Kier alpha value is -3.88. The zero-order valence-corrected chi connectivity index (χ0v) is 16.7. The van der Waals surface area contributed by atoms with E-state index in [1.54, 1.807) is 30.2 Å². The number of anilines is 1. The van der Waals surface area contributed by atoms with Crippen LogP contribution in [0.1, 0.15) is 21.7 Å². The van der Waals surface area contributed by atoms with Crippen molar-refractivity contribution in [2.45, 2.75) is 13.5 Å². The van der Waals surface area contributed by atoms with Gasteiger partial charge in [0.25, 0.3) is 5.91 Å². The van der Waals surface area contributed by atoms with Crippen molar-refractivity contribution >= 4 is 17.6 Å². The lowest BCUT2D eigenvalue weighted by molar-refractivity contribution is 0.0950. The molecule has 154 valence electrons. The summed E-state index contributed by atoms with van der Waals surface area (Å²) in [7, 11) is 1.61. The van der Waals surface area contributed by atoms with Crippen molar-refractivity contribution < 1.29 is 14.3 Å². The third-order valence-corrected chi connectivity index (χ3v) is 4.90. The van der Waals surface area contributed by atoms with Gasteiger partial charge in [-0.25, -0.2) is 9.78 Å². The molecule has 1 aromatic heterocycles. The third-order valence-electron chi connectivity index (χ3n) is 4.90. The lowest BCUT2D eigenvalue weighted by atomic mass is 10.1. The molecular weight excluding hydrogens is 384 g/mol. The predicted octanol–water partition coefficient (Wildman–Crippen LogP) is 2.25. The molecule has 9 heteroatoms. The summed E-state index contributed by atoms with van der Waals surface area (Å²) in [5.41, 5.74) is 3.04. The SMILES string of the molecule is COc1ccc(-c2n[nH]c(CNC(=O)c3ccc(N4CCNC4=O)c(C)c3)n2)cc1. The monoisotopic (exact) mass is 406 g/mol. The molecule has 0 aliphatic carbocycles. The average Bonchev–Trinajstić information content (AvgIpc) is 3.41. The smallest absolute Gasteiger partial charge is 0.322 e. The van der Waals surface area contributed by atoms with Gasteiger partial charge in [-0.1, -0.05) is 0 Å². The molecule has 1 aliphatic heterocycles. The van der Waals surface area contributed by atoms with Crippen LogP contribution < -0.4 is 20.3 Å². The number of H-pyrrole nitrogens is 1. The van der Waals surface area contributed by atoms with Gasteiger partial charge in [-0.2, -0.15) is 5.10 Å². The summed E-state index contributed by atoms with van der Waals surface area (Å²) in [5.74, 6) is 1.63. The maximum atomic E-state index is 12.5. The molecule has 3 amide bonds. The fraction of sp³-hybridized carbons (Fsp3) is 0.238. The Balaban J connectivity index is 1.39. The predicted molar refractivity (Wildman–Crippen MR) is 111 cm³/mol. The molecule has 3 N–H and O–H groups in total. The molecule has 0 saturated carbocycles. The number of carbonyl (C=O) groups excluding carboxylic acids is 2. The summed E-state index contributed by atoms with van der Waals surface area (Å²) < 4.78 is 5.15. The summed E-state index contributed by atoms with van der Waals surface area (Å²) >= 11 is 0. The summed E-state index contributed by atoms with van der Waals surface area (Å²) in [6.45, 7) is 3.34. The summed E-state index contributed by atoms with van der Waals surface area (Å²) in [6.07, 6.45) is 0.